The monoisotopic (exact) mass is 411 g/mol. The standard InChI is InChI=1S/C22H20F3N5/c1-13(22-27-19-11-16(24)17(25)12-20(19)28-22)29-6-8-30(9-7-29)21-4-5-26-18-3-2-14(23)10-15(18)21/h2-5,10-13H,6-9H2,1H3,(H,27,28). The number of hydrogen-bond acceptors (Lipinski definition) is 4. The molecule has 1 N–H and O–H groups in total. The Morgan fingerprint density at radius 2 is 1.70 bits per heavy atom. The SMILES string of the molecule is CC(c1nc2cc(F)c(F)cc2[nH]1)N1CCN(c2ccnc3ccc(F)cc23)CC1. The third-order valence-corrected chi connectivity index (χ3v) is 5.82. The van der Waals surface area contributed by atoms with Gasteiger partial charge in [0.05, 0.1) is 22.6 Å². The van der Waals surface area contributed by atoms with Crippen LogP contribution < -0.4 is 4.90 Å². The lowest BCUT2D eigenvalue weighted by molar-refractivity contribution is 0.193. The molecule has 0 spiro atoms. The van der Waals surface area contributed by atoms with Gasteiger partial charge in [0.15, 0.2) is 11.6 Å². The van der Waals surface area contributed by atoms with Crippen molar-refractivity contribution in [1.82, 2.24) is 19.9 Å². The molecule has 5 rings (SSSR count). The van der Waals surface area contributed by atoms with Crippen molar-refractivity contribution in [3.8, 4) is 0 Å². The summed E-state index contributed by atoms with van der Waals surface area (Å²) in [6.07, 6.45) is 1.75. The average Bonchev–Trinajstić information content (AvgIpc) is 3.16. The summed E-state index contributed by atoms with van der Waals surface area (Å²) in [5.74, 6) is -1.38. The molecule has 5 nitrogen and oxygen atoms in total. The van der Waals surface area contributed by atoms with Crippen LogP contribution in [0.25, 0.3) is 21.9 Å². The molecule has 1 fully saturated rings. The first-order valence-electron chi connectivity index (χ1n) is 9.87. The summed E-state index contributed by atoms with van der Waals surface area (Å²) >= 11 is 0. The molecule has 0 saturated carbocycles. The molecule has 1 aliphatic rings. The molecular weight excluding hydrogens is 391 g/mol. The number of nitrogens with one attached hydrogen (secondary N) is 1. The minimum absolute atomic E-state index is 0.0303. The van der Waals surface area contributed by atoms with E-state index in [1.165, 1.54) is 12.1 Å². The van der Waals surface area contributed by atoms with Crippen molar-refractivity contribution in [2.45, 2.75) is 13.0 Å². The first kappa shape index (κ1) is 18.9. The molecular formula is C22H20F3N5. The van der Waals surface area contributed by atoms with E-state index in [2.05, 4.69) is 24.8 Å². The van der Waals surface area contributed by atoms with E-state index in [1.54, 1.807) is 12.3 Å². The van der Waals surface area contributed by atoms with Gasteiger partial charge in [-0.3, -0.25) is 9.88 Å². The van der Waals surface area contributed by atoms with Crippen molar-refractivity contribution in [3.05, 3.63) is 65.9 Å². The molecule has 0 radical (unpaired) electrons. The lowest BCUT2D eigenvalue weighted by Crippen LogP contribution is -2.47. The van der Waals surface area contributed by atoms with Crippen LogP contribution in [-0.2, 0) is 0 Å². The number of fused-ring (bicyclic) bond motifs is 2. The number of anilines is 1. The number of imidazole rings is 1. The van der Waals surface area contributed by atoms with Crippen LogP contribution >= 0.6 is 0 Å². The topological polar surface area (TPSA) is 48.1 Å². The fourth-order valence-corrected chi connectivity index (χ4v) is 4.13. The second-order valence-corrected chi connectivity index (χ2v) is 7.60. The smallest absolute Gasteiger partial charge is 0.161 e. The van der Waals surface area contributed by atoms with E-state index in [4.69, 9.17) is 0 Å². The van der Waals surface area contributed by atoms with Gasteiger partial charge in [-0.15, -0.1) is 0 Å². The molecule has 4 aromatic rings. The minimum Gasteiger partial charge on any atom is -0.368 e. The van der Waals surface area contributed by atoms with Crippen molar-refractivity contribution in [3.63, 3.8) is 0 Å². The Bertz CT molecular complexity index is 1190. The van der Waals surface area contributed by atoms with Gasteiger partial charge in [-0.25, -0.2) is 18.2 Å². The molecule has 3 heterocycles. The van der Waals surface area contributed by atoms with Gasteiger partial charge < -0.3 is 9.88 Å². The number of pyridine rings is 1. The van der Waals surface area contributed by atoms with Crippen LogP contribution in [0.2, 0.25) is 0 Å². The fourth-order valence-electron chi connectivity index (χ4n) is 4.13. The van der Waals surface area contributed by atoms with Gasteiger partial charge in [0.2, 0.25) is 0 Å². The molecule has 0 amide bonds. The van der Waals surface area contributed by atoms with Crippen LogP contribution in [0, 0.1) is 17.5 Å². The van der Waals surface area contributed by atoms with Crippen molar-refractivity contribution in [2.24, 2.45) is 0 Å². The number of piperazine rings is 1. The molecule has 154 valence electrons. The predicted octanol–water partition coefficient (Wildman–Crippen LogP) is 4.41. The Hall–Kier alpha value is -3.13. The van der Waals surface area contributed by atoms with Gasteiger partial charge in [0.1, 0.15) is 11.6 Å². The van der Waals surface area contributed by atoms with Crippen LogP contribution in [0.4, 0.5) is 18.9 Å². The Labute approximate surface area is 171 Å². The number of rotatable bonds is 3. The first-order valence-corrected chi connectivity index (χ1v) is 9.87. The first-order chi connectivity index (χ1) is 14.5. The van der Waals surface area contributed by atoms with E-state index < -0.39 is 11.6 Å². The third-order valence-electron chi connectivity index (χ3n) is 5.82. The predicted molar refractivity (Wildman–Crippen MR) is 110 cm³/mol. The van der Waals surface area contributed by atoms with Crippen molar-refractivity contribution < 1.29 is 13.2 Å². The quantitative estimate of drug-likeness (QED) is 0.543. The summed E-state index contributed by atoms with van der Waals surface area (Å²) < 4.78 is 40.7. The molecule has 2 aromatic heterocycles. The number of halogens is 3. The molecule has 0 bridgehead atoms. The Kier molecular flexibility index (Phi) is 4.58. The van der Waals surface area contributed by atoms with E-state index >= 15 is 0 Å². The maximum Gasteiger partial charge on any atom is 0.161 e. The summed E-state index contributed by atoms with van der Waals surface area (Å²) in [6.45, 7) is 5.12. The molecule has 8 heteroatoms. The second kappa shape index (κ2) is 7.28. The Balaban J connectivity index is 1.34. The summed E-state index contributed by atoms with van der Waals surface area (Å²) in [6, 6.07) is 8.78. The molecule has 1 saturated heterocycles. The van der Waals surface area contributed by atoms with Crippen molar-refractivity contribution >= 4 is 27.6 Å². The highest BCUT2D eigenvalue weighted by molar-refractivity contribution is 5.91. The zero-order valence-corrected chi connectivity index (χ0v) is 16.4. The van der Waals surface area contributed by atoms with Gasteiger partial charge in [-0.05, 0) is 31.2 Å². The van der Waals surface area contributed by atoms with Gasteiger partial charge in [-0.1, -0.05) is 0 Å². The number of benzene rings is 2. The normalized spacial score (nSPS) is 16.5. The Morgan fingerprint density at radius 3 is 2.50 bits per heavy atom. The number of nitrogens with zero attached hydrogens (tertiary/aromatic N) is 4. The zero-order chi connectivity index (χ0) is 20.8. The molecule has 1 atom stereocenters. The molecule has 1 unspecified atom stereocenters. The molecule has 0 aliphatic carbocycles. The van der Waals surface area contributed by atoms with Crippen molar-refractivity contribution in [2.75, 3.05) is 31.1 Å². The maximum absolute atomic E-state index is 13.8. The van der Waals surface area contributed by atoms with Crippen LogP contribution in [0.15, 0.2) is 42.6 Å². The fraction of sp³-hybridized carbons (Fsp3) is 0.273. The van der Waals surface area contributed by atoms with E-state index in [-0.39, 0.29) is 11.9 Å². The van der Waals surface area contributed by atoms with E-state index in [1.807, 2.05) is 13.0 Å². The molecule has 1 aliphatic heterocycles. The van der Waals surface area contributed by atoms with E-state index in [0.29, 0.717) is 16.9 Å². The third kappa shape index (κ3) is 3.27. The summed E-state index contributed by atoms with van der Waals surface area (Å²) in [4.78, 5) is 16.4. The zero-order valence-electron chi connectivity index (χ0n) is 16.4. The highest BCUT2D eigenvalue weighted by atomic mass is 19.2. The van der Waals surface area contributed by atoms with E-state index in [0.717, 1.165) is 54.9 Å². The number of hydrogen-bond donors (Lipinski definition) is 1. The summed E-state index contributed by atoms with van der Waals surface area (Å²) in [5.41, 5.74) is 2.65. The number of H-pyrrole nitrogens is 1. The average molecular weight is 411 g/mol. The largest absolute Gasteiger partial charge is 0.368 e. The highest BCUT2D eigenvalue weighted by Crippen LogP contribution is 2.29. The van der Waals surface area contributed by atoms with Crippen LogP contribution in [-0.4, -0.2) is 46.0 Å². The van der Waals surface area contributed by atoms with Gasteiger partial charge in [-0.2, -0.15) is 0 Å². The molecule has 2 aromatic carbocycles. The van der Waals surface area contributed by atoms with E-state index in [9.17, 15) is 13.2 Å². The number of aromatic amines is 1. The van der Waals surface area contributed by atoms with Gasteiger partial charge in [0.25, 0.3) is 0 Å². The van der Waals surface area contributed by atoms with Gasteiger partial charge >= 0.3 is 0 Å². The van der Waals surface area contributed by atoms with Crippen molar-refractivity contribution in [1.29, 1.82) is 0 Å². The van der Waals surface area contributed by atoms with Crippen LogP contribution in [0.3, 0.4) is 0 Å². The minimum atomic E-state index is -0.900. The molecule has 30 heavy (non-hydrogen) atoms. The second-order valence-electron chi connectivity index (χ2n) is 7.60. The summed E-state index contributed by atoms with van der Waals surface area (Å²) in [5, 5.41) is 0.806. The lowest BCUT2D eigenvalue weighted by Gasteiger charge is -2.38. The van der Waals surface area contributed by atoms with Gasteiger partial charge in [0, 0.05) is 55.6 Å². The summed E-state index contributed by atoms with van der Waals surface area (Å²) in [7, 11) is 0. The van der Waals surface area contributed by atoms with Crippen LogP contribution in [0.5, 0.6) is 0 Å². The van der Waals surface area contributed by atoms with Crippen LogP contribution in [0.1, 0.15) is 18.8 Å². The lowest BCUT2D eigenvalue weighted by atomic mass is 10.1. The Morgan fingerprint density at radius 1 is 0.933 bits per heavy atom. The maximum atomic E-state index is 13.8. The highest BCUT2D eigenvalue weighted by Gasteiger charge is 2.25. The number of aromatic nitrogens is 3.